The van der Waals surface area contributed by atoms with Crippen LogP contribution in [0.5, 0.6) is 5.75 Å². The Morgan fingerprint density at radius 2 is 2.03 bits per heavy atom. The largest absolute Gasteiger partial charge is 0.506 e. The molecule has 2 aromatic heterocycles. The molecule has 1 aromatic carbocycles. The highest BCUT2D eigenvalue weighted by atomic mass is 35.5. The average Bonchev–Trinajstić information content (AvgIpc) is 2.97. The Bertz CT molecular complexity index is 1100. The zero-order valence-corrected chi connectivity index (χ0v) is 17.2. The van der Waals surface area contributed by atoms with E-state index in [1.165, 1.54) is 0 Å². The lowest BCUT2D eigenvalue weighted by molar-refractivity contribution is 0.0691. The second-order valence-electron chi connectivity index (χ2n) is 6.62. The highest BCUT2D eigenvalue weighted by Crippen LogP contribution is 2.31. The average molecular weight is 422 g/mol. The number of pyridine rings is 1. The van der Waals surface area contributed by atoms with Gasteiger partial charge in [-0.15, -0.1) is 12.4 Å². The van der Waals surface area contributed by atoms with E-state index in [9.17, 15) is 14.7 Å². The van der Waals surface area contributed by atoms with Crippen LogP contribution in [0.4, 0.5) is 0 Å². The molecule has 0 aliphatic heterocycles. The van der Waals surface area contributed by atoms with Crippen molar-refractivity contribution in [1.29, 1.82) is 0 Å². The van der Waals surface area contributed by atoms with Crippen molar-refractivity contribution in [3.63, 3.8) is 0 Å². The van der Waals surface area contributed by atoms with Gasteiger partial charge in [0.05, 0.1) is 12.3 Å². The lowest BCUT2D eigenvalue weighted by Crippen LogP contribution is -2.19. The minimum atomic E-state index is -1.46. The van der Waals surface area contributed by atoms with Crippen LogP contribution in [0.2, 0.25) is 0 Å². The summed E-state index contributed by atoms with van der Waals surface area (Å²) in [6.45, 7) is 3.65. The number of aromatic hydroxyl groups is 1. The number of ether oxygens (including phenoxy) is 1. The SMILES string of the molecule is COCCNCc1cc2cc(-c3[nH]c(=O)c(C(=O)O)c(O)c3C)ccc2n1C.Cl. The minimum absolute atomic E-state index is 0. The first kappa shape index (κ1) is 22.5. The molecule has 2 heterocycles. The van der Waals surface area contributed by atoms with E-state index < -0.39 is 22.8 Å². The lowest BCUT2D eigenvalue weighted by atomic mass is 10.0. The first-order chi connectivity index (χ1) is 13.3. The monoisotopic (exact) mass is 421 g/mol. The van der Waals surface area contributed by atoms with Gasteiger partial charge >= 0.3 is 5.97 Å². The third-order valence-electron chi connectivity index (χ3n) is 4.87. The summed E-state index contributed by atoms with van der Waals surface area (Å²) in [5.41, 5.74) is 2.05. The molecule has 0 saturated carbocycles. The second-order valence-corrected chi connectivity index (χ2v) is 6.62. The zero-order chi connectivity index (χ0) is 20.4. The maximum atomic E-state index is 12.1. The molecule has 156 valence electrons. The van der Waals surface area contributed by atoms with Crippen LogP contribution in [0.25, 0.3) is 22.2 Å². The molecule has 0 spiro atoms. The van der Waals surface area contributed by atoms with Crippen molar-refractivity contribution in [2.24, 2.45) is 7.05 Å². The maximum Gasteiger partial charge on any atom is 0.345 e. The molecule has 0 fully saturated rings. The van der Waals surface area contributed by atoms with Gasteiger partial charge in [-0.2, -0.15) is 0 Å². The van der Waals surface area contributed by atoms with Crippen molar-refractivity contribution in [3.05, 3.63) is 51.4 Å². The van der Waals surface area contributed by atoms with Gasteiger partial charge in [-0.25, -0.2) is 4.79 Å². The normalized spacial score (nSPS) is 10.9. The van der Waals surface area contributed by atoms with E-state index in [0.717, 1.165) is 23.1 Å². The number of carboxylic acids is 1. The van der Waals surface area contributed by atoms with Crippen LogP contribution in [-0.4, -0.2) is 46.0 Å². The van der Waals surface area contributed by atoms with Gasteiger partial charge in [-0.3, -0.25) is 4.79 Å². The Hall–Kier alpha value is -2.81. The summed E-state index contributed by atoms with van der Waals surface area (Å²) in [7, 11) is 3.64. The zero-order valence-electron chi connectivity index (χ0n) is 16.4. The summed E-state index contributed by atoms with van der Waals surface area (Å²) in [5.74, 6) is -1.97. The van der Waals surface area contributed by atoms with Crippen molar-refractivity contribution in [2.75, 3.05) is 20.3 Å². The van der Waals surface area contributed by atoms with Gasteiger partial charge < -0.3 is 29.8 Å². The first-order valence-electron chi connectivity index (χ1n) is 8.82. The van der Waals surface area contributed by atoms with Crippen LogP contribution in [-0.2, 0) is 18.3 Å². The van der Waals surface area contributed by atoms with Crippen molar-refractivity contribution in [2.45, 2.75) is 13.5 Å². The summed E-state index contributed by atoms with van der Waals surface area (Å²) in [5, 5.41) is 23.6. The molecule has 3 aromatic rings. The fraction of sp³-hybridized carbons (Fsp3) is 0.300. The van der Waals surface area contributed by atoms with Crippen molar-refractivity contribution in [1.82, 2.24) is 14.9 Å². The molecule has 0 aliphatic rings. The highest BCUT2D eigenvalue weighted by Gasteiger charge is 2.20. The molecular formula is C20H24ClN3O5. The molecule has 0 amide bonds. The summed E-state index contributed by atoms with van der Waals surface area (Å²) in [4.78, 5) is 25.9. The number of nitrogens with zero attached hydrogens (tertiary/aromatic N) is 1. The summed E-state index contributed by atoms with van der Waals surface area (Å²) >= 11 is 0. The third-order valence-corrected chi connectivity index (χ3v) is 4.87. The molecule has 9 heteroatoms. The van der Waals surface area contributed by atoms with E-state index in [0.29, 0.717) is 30.0 Å². The predicted octanol–water partition coefficient (Wildman–Crippen LogP) is 2.40. The molecule has 0 atom stereocenters. The number of aryl methyl sites for hydroxylation is 1. The quantitative estimate of drug-likeness (QED) is 0.435. The first-order valence-corrected chi connectivity index (χ1v) is 8.82. The van der Waals surface area contributed by atoms with E-state index in [2.05, 4.69) is 20.9 Å². The number of aromatic carboxylic acids is 1. The standard InChI is InChI=1S/C20H23N3O5.ClH/c1-11-17(22-19(25)16(18(11)24)20(26)27)12-4-5-15-13(8-12)9-14(23(15)2)10-21-6-7-28-3;/h4-5,8-9,21H,6-7,10H2,1-3H3,(H,26,27)(H2,22,24,25);1H. The number of rotatable bonds is 7. The lowest BCUT2D eigenvalue weighted by Gasteiger charge is -2.10. The van der Waals surface area contributed by atoms with Crippen LogP contribution < -0.4 is 10.9 Å². The van der Waals surface area contributed by atoms with Crippen molar-refractivity contribution in [3.8, 4) is 17.0 Å². The Balaban J connectivity index is 0.00000300. The Labute approximate surface area is 173 Å². The number of aromatic amines is 1. The second kappa shape index (κ2) is 9.13. The summed E-state index contributed by atoms with van der Waals surface area (Å²) in [6, 6.07) is 7.73. The number of halogens is 1. The number of benzene rings is 1. The predicted molar refractivity (Wildman–Crippen MR) is 113 cm³/mol. The summed E-state index contributed by atoms with van der Waals surface area (Å²) < 4.78 is 7.11. The van der Waals surface area contributed by atoms with Gasteiger partial charge in [0.25, 0.3) is 5.56 Å². The number of H-pyrrole nitrogens is 1. The third kappa shape index (κ3) is 4.29. The molecule has 0 saturated heterocycles. The van der Waals surface area contributed by atoms with Gasteiger partial charge in [-0.1, -0.05) is 6.07 Å². The van der Waals surface area contributed by atoms with E-state index in [4.69, 9.17) is 9.84 Å². The van der Waals surface area contributed by atoms with Crippen LogP contribution >= 0.6 is 12.4 Å². The van der Waals surface area contributed by atoms with E-state index >= 15 is 0 Å². The fourth-order valence-corrected chi connectivity index (χ4v) is 3.29. The number of hydrogen-bond acceptors (Lipinski definition) is 5. The number of carbonyl (C=O) groups is 1. The van der Waals surface area contributed by atoms with Gasteiger partial charge in [0.1, 0.15) is 5.75 Å². The molecule has 8 nitrogen and oxygen atoms in total. The number of nitrogens with one attached hydrogen (secondary N) is 2. The van der Waals surface area contributed by atoms with Gasteiger partial charge in [0, 0.05) is 49.4 Å². The van der Waals surface area contributed by atoms with E-state index in [-0.39, 0.29) is 12.4 Å². The topological polar surface area (TPSA) is 117 Å². The number of methoxy groups -OCH3 is 1. The molecule has 0 bridgehead atoms. The van der Waals surface area contributed by atoms with Crippen LogP contribution in [0.1, 0.15) is 21.6 Å². The number of hydrogen-bond donors (Lipinski definition) is 4. The molecule has 29 heavy (non-hydrogen) atoms. The molecular weight excluding hydrogens is 398 g/mol. The number of aromatic nitrogens is 2. The number of carboxylic acid groups (broad SMARTS) is 1. The smallest absolute Gasteiger partial charge is 0.345 e. The van der Waals surface area contributed by atoms with Gasteiger partial charge in [-0.05, 0) is 30.7 Å². The van der Waals surface area contributed by atoms with Crippen LogP contribution in [0.15, 0.2) is 29.1 Å². The number of fused-ring (bicyclic) bond motifs is 1. The molecule has 0 unspecified atom stereocenters. The molecule has 0 aliphatic carbocycles. The Morgan fingerprint density at radius 1 is 1.31 bits per heavy atom. The highest BCUT2D eigenvalue weighted by molar-refractivity contribution is 5.92. The van der Waals surface area contributed by atoms with Crippen LogP contribution in [0.3, 0.4) is 0 Å². The van der Waals surface area contributed by atoms with E-state index in [1.807, 2.05) is 25.2 Å². The van der Waals surface area contributed by atoms with Crippen molar-refractivity contribution < 1.29 is 19.7 Å². The Morgan fingerprint density at radius 3 is 2.69 bits per heavy atom. The summed E-state index contributed by atoms with van der Waals surface area (Å²) in [6.07, 6.45) is 0. The van der Waals surface area contributed by atoms with Gasteiger partial charge in [0.15, 0.2) is 5.56 Å². The molecule has 0 radical (unpaired) electrons. The van der Waals surface area contributed by atoms with Crippen LogP contribution in [0, 0.1) is 6.92 Å². The molecule has 3 rings (SSSR count). The fourth-order valence-electron chi connectivity index (χ4n) is 3.29. The maximum absolute atomic E-state index is 12.1. The minimum Gasteiger partial charge on any atom is -0.506 e. The Kier molecular flexibility index (Phi) is 7.07. The van der Waals surface area contributed by atoms with Gasteiger partial charge in [0.2, 0.25) is 0 Å². The van der Waals surface area contributed by atoms with E-state index in [1.54, 1.807) is 14.0 Å². The molecule has 4 N–H and O–H groups in total. The van der Waals surface area contributed by atoms with Crippen molar-refractivity contribution >= 4 is 29.3 Å².